The Morgan fingerprint density at radius 3 is 2.69 bits per heavy atom. The molecule has 3 aromatic rings. The van der Waals surface area contributed by atoms with Gasteiger partial charge in [0.15, 0.2) is 0 Å². The van der Waals surface area contributed by atoms with Crippen LogP contribution < -0.4 is 26.5 Å². The molecule has 4 unspecified atom stereocenters. The normalized spacial score (nSPS) is 25.8. The standard InChI is InChI=1S/C28H31Cl2N2O3.BrH/c1-4-17-15-32(16-19-5-8-25(35-3)27(30)26(19)29)12-10-18(17)13-24(32)28(33)21-9-11-31-23-7-6-20(34-2)14-22(21)23;/h4-9,11,14,17-18,24,28,33H,1,10,12-13,15-16H2,2-3H3;1H/q+1;/p-1/t17?,18?,24?,28-,32?;/m1./s1. The lowest BCUT2D eigenvalue weighted by Crippen LogP contribution is -3.00. The van der Waals surface area contributed by atoms with Crippen molar-refractivity contribution < 1.29 is 36.0 Å². The fourth-order valence-corrected chi connectivity index (χ4v) is 6.79. The molecule has 8 heteroatoms. The number of methoxy groups -OCH3 is 2. The molecule has 3 saturated heterocycles. The fourth-order valence-electron chi connectivity index (χ4n) is 6.31. The SMILES string of the molecule is C=CC1C[N+]2(Cc3ccc(OC)c(Cl)c3Cl)CCC1CC2[C@H](O)c1ccnc2ccc(OC)cc12.[Br-]. The molecule has 0 radical (unpaired) electrons. The van der Waals surface area contributed by atoms with E-state index >= 15 is 0 Å². The summed E-state index contributed by atoms with van der Waals surface area (Å²) in [6.07, 6.45) is 5.24. The lowest BCUT2D eigenvalue weighted by molar-refractivity contribution is -0.984. The van der Waals surface area contributed by atoms with Crippen molar-refractivity contribution in [3.05, 3.63) is 76.4 Å². The monoisotopic (exact) mass is 592 g/mol. The minimum absolute atomic E-state index is 0. The zero-order chi connectivity index (χ0) is 24.7. The molecule has 3 aliphatic heterocycles. The Balaban J connectivity index is 0.00000304. The number of quaternary nitrogens is 1. The first-order valence-electron chi connectivity index (χ1n) is 12.0. The number of nitrogens with zero attached hydrogens (tertiary/aromatic N) is 2. The molecule has 3 aliphatic rings. The average molecular weight is 594 g/mol. The zero-order valence-electron chi connectivity index (χ0n) is 20.5. The largest absolute Gasteiger partial charge is 1.00 e. The number of pyridine rings is 1. The van der Waals surface area contributed by atoms with Crippen molar-refractivity contribution in [2.24, 2.45) is 11.8 Å². The number of rotatable bonds is 7. The Morgan fingerprint density at radius 1 is 1.17 bits per heavy atom. The first kappa shape index (κ1) is 27.2. The molecular weight excluding hydrogens is 563 g/mol. The summed E-state index contributed by atoms with van der Waals surface area (Å²) in [7, 11) is 3.24. The summed E-state index contributed by atoms with van der Waals surface area (Å²) in [5.41, 5.74) is 2.70. The van der Waals surface area contributed by atoms with Gasteiger partial charge in [0.05, 0.1) is 37.8 Å². The number of fused-ring (bicyclic) bond motifs is 4. The van der Waals surface area contributed by atoms with Gasteiger partial charge in [-0.25, -0.2) is 0 Å². The highest BCUT2D eigenvalue weighted by Crippen LogP contribution is 2.49. The highest BCUT2D eigenvalue weighted by Gasteiger charge is 2.54. The Morgan fingerprint density at radius 2 is 1.97 bits per heavy atom. The summed E-state index contributed by atoms with van der Waals surface area (Å²) in [6, 6.07) is 11.6. The second-order valence-electron chi connectivity index (χ2n) is 9.82. The molecular formula is C28H31BrCl2N2O3. The van der Waals surface area contributed by atoms with Crippen molar-refractivity contribution in [1.29, 1.82) is 0 Å². The van der Waals surface area contributed by atoms with Crippen LogP contribution in [-0.4, -0.2) is 47.9 Å². The number of ether oxygens (including phenoxy) is 2. The molecule has 0 amide bonds. The van der Waals surface area contributed by atoms with E-state index in [0.29, 0.717) is 34.2 Å². The molecule has 1 N–H and O–H groups in total. The molecule has 5 nitrogen and oxygen atoms in total. The predicted octanol–water partition coefficient (Wildman–Crippen LogP) is 3.21. The van der Waals surface area contributed by atoms with Crippen LogP contribution in [0.4, 0.5) is 0 Å². The van der Waals surface area contributed by atoms with E-state index in [1.165, 1.54) is 0 Å². The van der Waals surface area contributed by atoms with Crippen molar-refractivity contribution in [1.82, 2.24) is 4.98 Å². The second kappa shape index (κ2) is 10.9. The van der Waals surface area contributed by atoms with E-state index in [9.17, 15) is 5.11 Å². The van der Waals surface area contributed by atoms with Crippen LogP contribution in [0.15, 0.2) is 55.3 Å². The van der Waals surface area contributed by atoms with E-state index < -0.39 is 6.10 Å². The van der Waals surface area contributed by atoms with E-state index in [1.54, 1.807) is 20.4 Å². The molecule has 0 saturated carbocycles. The van der Waals surface area contributed by atoms with Gasteiger partial charge in [-0.15, -0.1) is 6.58 Å². The summed E-state index contributed by atoms with van der Waals surface area (Å²) < 4.78 is 11.6. The van der Waals surface area contributed by atoms with Gasteiger partial charge < -0.3 is 36.0 Å². The van der Waals surface area contributed by atoms with Crippen molar-refractivity contribution >= 4 is 34.1 Å². The van der Waals surface area contributed by atoms with Gasteiger partial charge in [-0.05, 0) is 47.9 Å². The molecule has 0 aliphatic carbocycles. The number of aliphatic hydroxyl groups is 1. The Hall–Kier alpha value is -1.83. The molecule has 6 rings (SSSR count). The molecule has 4 heterocycles. The molecule has 2 bridgehead atoms. The van der Waals surface area contributed by atoms with Crippen LogP contribution >= 0.6 is 23.2 Å². The lowest BCUT2D eigenvalue weighted by Gasteiger charge is -2.58. The minimum atomic E-state index is -0.659. The minimum Gasteiger partial charge on any atom is -1.00 e. The number of aliphatic hydroxyl groups excluding tert-OH is 1. The highest BCUT2D eigenvalue weighted by molar-refractivity contribution is 6.43. The summed E-state index contributed by atoms with van der Waals surface area (Å²) in [5, 5.41) is 13.8. The third kappa shape index (κ3) is 4.63. The Labute approximate surface area is 233 Å². The average Bonchev–Trinajstić information content (AvgIpc) is 2.90. The van der Waals surface area contributed by atoms with Crippen LogP contribution in [0, 0.1) is 11.8 Å². The van der Waals surface area contributed by atoms with E-state index in [2.05, 4.69) is 17.6 Å². The number of hydrogen-bond donors (Lipinski definition) is 1. The molecule has 192 valence electrons. The van der Waals surface area contributed by atoms with Gasteiger partial charge >= 0.3 is 0 Å². The Bertz CT molecular complexity index is 1270. The van der Waals surface area contributed by atoms with Gasteiger partial charge in [-0.3, -0.25) is 4.98 Å². The topological polar surface area (TPSA) is 51.6 Å². The molecule has 36 heavy (non-hydrogen) atoms. The summed E-state index contributed by atoms with van der Waals surface area (Å²) in [6.45, 7) is 6.71. The maximum atomic E-state index is 11.9. The molecule has 1 aromatic heterocycles. The molecule has 5 atom stereocenters. The molecule has 3 fully saturated rings. The predicted molar refractivity (Wildman–Crippen MR) is 140 cm³/mol. The van der Waals surface area contributed by atoms with Crippen LogP contribution in [0.25, 0.3) is 10.9 Å². The van der Waals surface area contributed by atoms with E-state index in [4.69, 9.17) is 32.7 Å². The smallest absolute Gasteiger partial charge is 0.139 e. The van der Waals surface area contributed by atoms with Crippen molar-refractivity contribution in [3.8, 4) is 11.5 Å². The lowest BCUT2D eigenvalue weighted by atomic mass is 9.71. The third-order valence-corrected chi connectivity index (χ3v) is 9.08. The number of halogens is 3. The number of aromatic nitrogens is 1. The summed E-state index contributed by atoms with van der Waals surface area (Å²) in [4.78, 5) is 4.51. The second-order valence-corrected chi connectivity index (χ2v) is 10.6. The van der Waals surface area contributed by atoms with Crippen LogP contribution in [0.1, 0.15) is 30.1 Å². The summed E-state index contributed by atoms with van der Waals surface area (Å²) >= 11 is 13.2. The van der Waals surface area contributed by atoms with Crippen molar-refractivity contribution in [3.63, 3.8) is 0 Å². The fraction of sp³-hybridized carbons (Fsp3) is 0.393. The van der Waals surface area contributed by atoms with Gasteiger partial charge in [-0.2, -0.15) is 0 Å². The number of piperidine rings is 3. The van der Waals surface area contributed by atoms with Gasteiger partial charge in [-0.1, -0.05) is 29.3 Å². The van der Waals surface area contributed by atoms with Gasteiger partial charge in [0, 0.05) is 35.9 Å². The maximum absolute atomic E-state index is 11.9. The van der Waals surface area contributed by atoms with Crippen LogP contribution in [0.3, 0.4) is 0 Å². The third-order valence-electron chi connectivity index (χ3n) is 8.17. The van der Waals surface area contributed by atoms with E-state index in [1.807, 2.05) is 36.4 Å². The number of benzene rings is 2. The van der Waals surface area contributed by atoms with Crippen LogP contribution in [0.5, 0.6) is 11.5 Å². The van der Waals surface area contributed by atoms with Crippen LogP contribution in [-0.2, 0) is 6.54 Å². The van der Waals surface area contributed by atoms with E-state index in [0.717, 1.165) is 58.2 Å². The van der Waals surface area contributed by atoms with Gasteiger partial charge in [0.1, 0.15) is 35.2 Å². The maximum Gasteiger partial charge on any atom is 0.139 e. The molecule has 0 spiro atoms. The van der Waals surface area contributed by atoms with Gasteiger partial charge in [0.2, 0.25) is 0 Å². The first-order valence-corrected chi connectivity index (χ1v) is 12.8. The van der Waals surface area contributed by atoms with E-state index in [-0.39, 0.29) is 23.0 Å². The zero-order valence-corrected chi connectivity index (χ0v) is 23.6. The number of hydrogen-bond acceptors (Lipinski definition) is 4. The van der Waals surface area contributed by atoms with Crippen LogP contribution in [0.2, 0.25) is 10.0 Å². The first-order chi connectivity index (χ1) is 16.9. The van der Waals surface area contributed by atoms with Crippen molar-refractivity contribution in [2.45, 2.75) is 31.5 Å². The highest BCUT2D eigenvalue weighted by atomic mass is 79.9. The Kier molecular flexibility index (Phi) is 8.22. The molecule has 2 aromatic carbocycles. The van der Waals surface area contributed by atoms with Crippen molar-refractivity contribution in [2.75, 3.05) is 27.3 Å². The summed E-state index contributed by atoms with van der Waals surface area (Å²) in [5.74, 6) is 2.24. The van der Waals surface area contributed by atoms with Gasteiger partial charge in [0.25, 0.3) is 0 Å². The quantitative estimate of drug-likeness (QED) is 0.338.